The molecule has 0 saturated carbocycles. The lowest BCUT2D eigenvalue weighted by Gasteiger charge is -2.35. The number of nitro benzene ring substituents is 1. The van der Waals surface area contributed by atoms with Crippen molar-refractivity contribution >= 4 is 23.2 Å². The van der Waals surface area contributed by atoms with Crippen molar-refractivity contribution in [2.24, 2.45) is 0 Å². The SMILES string of the molecule is CCCNC(=O)CN1CCN(C(=O)c2cc([N+](=O)[O-])ccc2N2CCCC2)CC1. The minimum absolute atomic E-state index is 0.00151. The molecule has 0 bridgehead atoms. The Kier molecular flexibility index (Phi) is 7.03. The maximum atomic E-state index is 13.2. The highest BCUT2D eigenvalue weighted by atomic mass is 16.6. The number of non-ortho nitro benzene ring substituents is 1. The summed E-state index contributed by atoms with van der Waals surface area (Å²) in [6.45, 7) is 6.95. The number of nitro groups is 1. The van der Waals surface area contributed by atoms with Crippen LogP contribution in [0.5, 0.6) is 0 Å². The van der Waals surface area contributed by atoms with Gasteiger partial charge < -0.3 is 15.1 Å². The van der Waals surface area contributed by atoms with Crippen LogP contribution in [-0.2, 0) is 4.79 Å². The van der Waals surface area contributed by atoms with Crippen molar-refractivity contribution in [2.45, 2.75) is 26.2 Å². The van der Waals surface area contributed by atoms with Crippen LogP contribution in [0.3, 0.4) is 0 Å². The molecule has 29 heavy (non-hydrogen) atoms. The lowest BCUT2D eigenvalue weighted by atomic mass is 10.1. The van der Waals surface area contributed by atoms with E-state index in [1.165, 1.54) is 12.1 Å². The molecule has 2 amide bonds. The number of carbonyl (C=O) groups excluding carboxylic acids is 2. The van der Waals surface area contributed by atoms with E-state index in [-0.39, 0.29) is 17.5 Å². The van der Waals surface area contributed by atoms with E-state index in [9.17, 15) is 19.7 Å². The molecular weight excluding hydrogens is 374 g/mol. The third-order valence-corrected chi connectivity index (χ3v) is 5.47. The third-order valence-electron chi connectivity index (χ3n) is 5.47. The Hall–Kier alpha value is -2.68. The molecule has 0 spiro atoms. The predicted molar refractivity (Wildman–Crippen MR) is 110 cm³/mol. The molecule has 9 nitrogen and oxygen atoms in total. The molecule has 158 valence electrons. The van der Waals surface area contributed by atoms with Gasteiger partial charge in [0.1, 0.15) is 0 Å². The number of nitrogens with zero attached hydrogens (tertiary/aromatic N) is 4. The molecule has 3 rings (SSSR count). The molecule has 0 aromatic heterocycles. The predicted octanol–water partition coefficient (Wildman–Crippen LogP) is 1.48. The minimum Gasteiger partial charge on any atom is -0.371 e. The summed E-state index contributed by atoms with van der Waals surface area (Å²) in [6, 6.07) is 4.57. The van der Waals surface area contributed by atoms with Crippen LogP contribution in [0.4, 0.5) is 11.4 Å². The van der Waals surface area contributed by atoms with Gasteiger partial charge in [-0.05, 0) is 25.3 Å². The van der Waals surface area contributed by atoms with Gasteiger partial charge >= 0.3 is 0 Å². The second-order valence-electron chi connectivity index (χ2n) is 7.57. The van der Waals surface area contributed by atoms with E-state index in [0.29, 0.717) is 44.8 Å². The summed E-state index contributed by atoms with van der Waals surface area (Å²) in [5.74, 6) is -0.174. The Morgan fingerprint density at radius 2 is 1.79 bits per heavy atom. The van der Waals surface area contributed by atoms with E-state index in [0.717, 1.165) is 38.0 Å². The molecule has 0 radical (unpaired) electrons. The van der Waals surface area contributed by atoms with Crippen LogP contribution in [0.2, 0.25) is 0 Å². The molecule has 0 atom stereocenters. The average molecular weight is 403 g/mol. The molecule has 0 unspecified atom stereocenters. The zero-order valence-electron chi connectivity index (χ0n) is 16.9. The molecule has 2 fully saturated rings. The summed E-state index contributed by atoms with van der Waals surface area (Å²) in [5, 5.41) is 14.1. The number of amides is 2. The first-order chi connectivity index (χ1) is 14.0. The minimum atomic E-state index is -0.461. The molecule has 0 aliphatic carbocycles. The molecule has 2 aliphatic heterocycles. The molecule has 1 aromatic rings. The Labute approximate surface area is 170 Å². The Morgan fingerprint density at radius 1 is 1.10 bits per heavy atom. The first-order valence-electron chi connectivity index (χ1n) is 10.3. The van der Waals surface area contributed by atoms with Crippen LogP contribution >= 0.6 is 0 Å². The molecule has 2 heterocycles. The van der Waals surface area contributed by atoms with E-state index >= 15 is 0 Å². The van der Waals surface area contributed by atoms with Gasteiger partial charge in [0.05, 0.1) is 22.7 Å². The number of piperazine rings is 1. The molecule has 9 heteroatoms. The fourth-order valence-corrected chi connectivity index (χ4v) is 3.85. The van der Waals surface area contributed by atoms with Gasteiger partial charge in [0.15, 0.2) is 0 Å². The second kappa shape index (κ2) is 9.69. The van der Waals surface area contributed by atoms with Crippen LogP contribution in [0, 0.1) is 10.1 Å². The van der Waals surface area contributed by atoms with Gasteiger partial charge in [-0.2, -0.15) is 0 Å². The van der Waals surface area contributed by atoms with Crippen molar-refractivity contribution in [2.75, 3.05) is 57.3 Å². The van der Waals surface area contributed by atoms with Gasteiger partial charge in [-0.25, -0.2) is 0 Å². The number of hydrogen-bond acceptors (Lipinski definition) is 6. The summed E-state index contributed by atoms with van der Waals surface area (Å²) in [7, 11) is 0. The van der Waals surface area contributed by atoms with Crippen molar-refractivity contribution in [1.82, 2.24) is 15.1 Å². The molecule has 2 saturated heterocycles. The fraction of sp³-hybridized carbons (Fsp3) is 0.600. The molecular formula is C20H29N5O4. The Morgan fingerprint density at radius 3 is 2.41 bits per heavy atom. The van der Waals surface area contributed by atoms with Crippen LogP contribution in [-0.4, -0.2) is 78.9 Å². The Bertz CT molecular complexity index is 755. The lowest BCUT2D eigenvalue weighted by Crippen LogP contribution is -2.51. The smallest absolute Gasteiger partial charge is 0.270 e. The van der Waals surface area contributed by atoms with Gasteiger partial charge in [-0.1, -0.05) is 6.92 Å². The monoisotopic (exact) mass is 403 g/mol. The van der Waals surface area contributed by atoms with Crippen molar-refractivity contribution in [3.8, 4) is 0 Å². The summed E-state index contributed by atoms with van der Waals surface area (Å²) in [5.41, 5.74) is 1.11. The highest BCUT2D eigenvalue weighted by Gasteiger charge is 2.28. The summed E-state index contributed by atoms with van der Waals surface area (Å²) < 4.78 is 0. The summed E-state index contributed by atoms with van der Waals surface area (Å²) in [6.07, 6.45) is 3.02. The van der Waals surface area contributed by atoms with Crippen molar-refractivity contribution in [3.05, 3.63) is 33.9 Å². The van der Waals surface area contributed by atoms with Crippen molar-refractivity contribution < 1.29 is 14.5 Å². The standard InChI is InChI=1S/C20H29N5O4/c1-2-7-21-19(26)15-22-10-12-24(13-11-22)20(27)17-14-16(25(28)29)5-6-18(17)23-8-3-4-9-23/h5-6,14H,2-4,7-13,15H2,1H3,(H,21,26). The Balaban J connectivity index is 1.68. The first kappa shape index (κ1) is 21.0. The van der Waals surface area contributed by atoms with Gasteiger partial charge in [-0.3, -0.25) is 24.6 Å². The highest BCUT2D eigenvalue weighted by molar-refractivity contribution is 6.00. The van der Waals surface area contributed by atoms with Gasteiger partial charge in [0.25, 0.3) is 11.6 Å². The van der Waals surface area contributed by atoms with Gasteiger partial charge in [0.2, 0.25) is 5.91 Å². The van der Waals surface area contributed by atoms with E-state index in [4.69, 9.17) is 0 Å². The zero-order valence-corrected chi connectivity index (χ0v) is 16.9. The number of anilines is 1. The van der Waals surface area contributed by atoms with Crippen molar-refractivity contribution in [1.29, 1.82) is 0 Å². The lowest BCUT2D eigenvalue weighted by molar-refractivity contribution is -0.384. The number of benzene rings is 1. The maximum absolute atomic E-state index is 13.2. The zero-order chi connectivity index (χ0) is 20.8. The van der Waals surface area contributed by atoms with Crippen LogP contribution < -0.4 is 10.2 Å². The topological polar surface area (TPSA) is 99.0 Å². The molecule has 1 N–H and O–H groups in total. The van der Waals surface area contributed by atoms with Crippen molar-refractivity contribution in [3.63, 3.8) is 0 Å². The van der Waals surface area contributed by atoms with Crippen LogP contribution in [0.15, 0.2) is 18.2 Å². The number of rotatable bonds is 7. The van der Waals surface area contributed by atoms with Gasteiger partial charge in [0, 0.05) is 57.9 Å². The highest BCUT2D eigenvalue weighted by Crippen LogP contribution is 2.29. The fourth-order valence-electron chi connectivity index (χ4n) is 3.85. The van der Waals surface area contributed by atoms with E-state index in [1.54, 1.807) is 11.0 Å². The number of hydrogen-bond donors (Lipinski definition) is 1. The third kappa shape index (κ3) is 5.23. The molecule has 2 aliphatic rings. The van der Waals surface area contributed by atoms with Gasteiger partial charge in [-0.15, -0.1) is 0 Å². The van der Waals surface area contributed by atoms with E-state index < -0.39 is 4.92 Å². The maximum Gasteiger partial charge on any atom is 0.270 e. The normalized spacial score (nSPS) is 17.4. The molecule has 1 aromatic carbocycles. The largest absolute Gasteiger partial charge is 0.371 e. The number of nitrogens with one attached hydrogen (secondary N) is 1. The van der Waals surface area contributed by atoms with E-state index in [1.807, 2.05) is 11.8 Å². The average Bonchev–Trinajstić information content (AvgIpc) is 3.26. The summed E-state index contributed by atoms with van der Waals surface area (Å²) in [4.78, 5) is 41.8. The van der Waals surface area contributed by atoms with E-state index in [2.05, 4.69) is 10.2 Å². The van der Waals surface area contributed by atoms with Crippen LogP contribution in [0.25, 0.3) is 0 Å². The van der Waals surface area contributed by atoms with Crippen LogP contribution in [0.1, 0.15) is 36.5 Å². The summed E-state index contributed by atoms with van der Waals surface area (Å²) >= 11 is 0. The first-order valence-corrected chi connectivity index (χ1v) is 10.3. The second-order valence-corrected chi connectivity index (χ2v) is 7.57. The number of carbonyl (C=O) groups is 2. The quantitative estimate of drug-likeness (QED) is 0.547.